The summed E-state index contributed by atoms with van der Waals surface area (Å²) in [7, 11) is -4.16. The van der Waals surface area contributed by atoms with Crippen molar-refractivity contribution < 1.29 is 14.4 Å². The largest absolute Gasteiger partial charge is 0.430 e. The standard InChI is InChI=1S/C8H12NO3P/c1-2-9(13(10,11)12)8-6-4-3-5-7-8/h3-7H,2H2,1H3,(H2,10,11,12). The average Bonchev–Trinajstić information content (AvgIpc) is 2.05. The highest BCUT2D eigenvalue weighted by molar-refractivity contribution is 7.53. The molecule has 2 N–H and O–H groups in total. The van der Waals surface area contributed by atoms with E-state index in [9.17, 15) is 4.57 Å². The first-order valence-corrected chi connectivity index (χ1v) is 5.51. The number of benzene rings is 1. The Bertz CT molecular complexity index is 308. The molecule has 1 aromatic rings. The first kappa shape index (κ1) is 10.3. The van der Waals surface area contributed by atoms with E-state index >= 15 is 0 Å². The zero-order chi connectivity index (χ0) is 9.90. The van der Waals surface area contributed by atoms with Gasteiger partial charge in [0.15, 0.2) is 0 Å². The summed E-state index contributed by atoms with van der Waals surface area (Å²) in [5.41, 5.74) is 0.540. The van der Waals surface area contributed by atoms with Crippen molar-refractivity contribution >= 4 is 13.4 Å². The van der Waals surface area contributed by atoms with Crippen molar-refractivity contribution in [2.45, 2.75) is 6.92 Å². The summed E-state index contributed by atoms with van der Waals surface area (Å²) in [5, 5.41) is 0. The molecule has 72 valence electrons. The van der Waals surface area contributed by atoms with Crippen molar-refractivity contribution in [3.05, 3.63) is 30.3 Å². The van der Waals surface area contributed by atoms with Crippen LogP contribution in [0.2, 0.25) is 0 Å². The van der Waals surface area contributed by atoms with Gasteiger partial charge < -0.3 is 9.79 Å². The van der Waals surface area contributed by atoms with Gasteiger partial charge in [0.25, 0.3) is 0 Å². The van der Waals surface area contributed by atoms with Crippen LogP contribution in [-0.2, 0) is 4.57 Å². The first-order valence-electron chi connectivity index (χ1n) is 3.94. The highest BCUT2D eigenvalue weighted by Crippen LogP contribution is 2.43. The van der Waals surface area contributed by atoms with Gasteiger partial charge in [-0.15, -0.1) is 0 Å². The Hall–Kier alpha value is -0.830. The van der Waals surface area contributed by atoms with Gasteiger partial charge in [0.2, 0.25) is 0 Å². The highest BCUT2D eigenvalue weighted by atomic mass is 31.2. The average molecular weight is 201 g/mol. The van der Waals surface area contributed by atoms with Crippen LogP contribution >= 0.6 is 7.75 Å². The van der Waals surface area contributed by atoms with E-state index in [2.05, 4.69) is 0 Å². The molecule has 1 aromatic carbocycles. The fraction of sp³-hybridized carbons (Fsp3) is 0.250. The molecule has 13 heavy (non-hydrogen) atoms. The second-order valence-corrected chi connectivity index (χ2v) is 4.07. The summed E-state index contributed by atoms with van der Waals surface area (Å²) >= 11 is 0. The molecule has 0 saturated carbocycles. The van der Waals surface area contributed by atoms with Crippen LogP contribution in [0.3, 0.4) is 0 Å². The normalized spacial score (nSPS) is 11.3. The molecule has 0 fully saturated rings. The van der Waals surface area contributed by atoms with Crippen LogP contribution in [-0.4, -0.2) is 16.3 Å². The molecule has 0 saturated heterocycles. The van der Waals surface area contributed by atoms with E-state index in [-0.39, 0.29) is 6.54 Å². The van der Waals surface area contributed by atoms with E-state index in [1.54, 1.807) is 37.3 Å². The maximum absolute atomic E-state index is 11.0. The minimum atomic E-state index is -4.16. The summed E-state index contributed by atoms with van der Waals surface area (Å²) in [5.74, 6) is 0. The molecule has 5 heteroatoms. The lowest BCUT2D eigenvalue weighted by Crippen LogP contribution is -2.18. The molecule has 0 unspecified atom stereocenters. The topological polar surface area (TPSA) is 60.8 Å². The van der Waals surface area contributed by atoms with E-state index in [0.717, 1.165) is 4.67 Å². The second kappa shape index (κ2) is 3.92. The Labute approximate surface area is 77.0 Å². The van der Waals surface area contributed by atoms with Gasteiger partial charge in [0, 0.05) is 12.2 Å². The van der Waals surface area contributed by atoms with Crippen LogP contribution < -0.4 is 4.67 Å². The number of hydrogen-bond acceptors (Lipinski definition) is 1. The molecule has 0 aliphatic rings. The van der Waals surface area contributed by atoms with Crippen molar-refractivity contribution in [1.82, 2.24) is 0 Å². The SMILES string of the molecule is CCN(c1ccccc1)P(=O)(O)O. The fourth-order valence-electron chi connectivity index (χ4n) is 1.12. The summed E-state index contributed by atoms with van der Waals surface area (Å²) in [6.45, 7) is 1.99. The van der Waals surface area contributed by atoms with Crippen molar-refractivity contribution in [3.8, 4) is 0 Å². The number of nitrogens with zero attached hydrogens (tertiary/aromatic N) is 1. The fourth-order valence-corrected chi connectivity index (χ4v) is 1.92. The third-order valence-corrected chi connectivity index (χ3v) is 2.81. The number of para-hydroxylation sites is 1. The molecule has 0 spiro atoms. The summed E-state index contributed by atoms with van der Waals surface area (Å²) in [4.78, 5) is 17.9. The monoisotopic (exact) mass is 201 g/mol. The van der Waals surface area contributed by atoms with Crippen molar-refractivity contribution in [3.63, 3.8) is 0 Å². The van der Waals surface area contributed by atoms with Gasteiger partial charge >= 0.3 is 7.75 Å². The minimum Gasteiger partial charge on any atom is -0.308 e. The summed E-state index contributed by atoms with van der Waals surface area (Å²) in [6, 6.07) is 8.63. The third kappa shape index (κ3) is 2.56. The van der Waals surface area contributed by atoms with Gasteiger partial charge in [-0.1, -0.05) is 18.2 Å². The highest BCUT2D eigenvalue weighted by Gasteiger charge is 2.23. The van der Waals surface area contributed by atoms with Crippen LogP contribution in [0, 0.1) is 0 Å². The first-order chi connectivity index (χ1) is 6.05. The van der Waals surface area contributed by atoms with E-state index in [1.165, 1.54) is 0 Å². The van der Waals surface area contributed by atoms with E-state index < -0.39 is 7.75 Å². The smallest absolute Gasteiger partial charge is 0.308 e. The van der Waals surface area contributed by atoms with Crippen LogP contribution in [0.25, 0.3) is 0 Å². The van der Waals surface area contributed by atoms with E-state index in [0.29, 0.717) is 5.69 Å². The molecule has 0 bridgehead atoms. The van der Waals surface area contributed by atoms with Gasteiger partial charge in [-0.3, -0.25) is 4.67 Å². The lowest BCUT2D eigenvalue weighted by molar-refractivity contribution is 0.369. The van der Waals surface area contributed by atoms with Gasteiger partial charge in [-0.05, 0) is 19.1 Å². The lowest BCUT2D eigenvalue weighted by Gasteiger charge is -2.23. The van der Waals surface area contributed by atoms with E-state index in [1.807, 2.05) is 0 Å². The number of rotatable bonds is 3. The van der Waals surface area contributed by atoms with Gasteiger partial charge in [-0.25, -0.2) is 4.57 Å². The molecule has 0 aliphatic carbocycles. The molecule has 0 amide bonds. The zero-order valence-corrected chi connectivity index (χ0v) is 8.19. The molecule has 1 rings (SSSR count). The number of hydrogen-bond donors (Lipinski definition) is 2. The van der Waals surface area contributed by atoms with Crippen LogP contribution in [0.4, 0.5) is 5.69 Å². The van der Waals surface area contributed by atoms with Crippen LogP contribution in [0.1, 0.15) is 6.92 Å². The number of anilines is 1. The van der Waals surface area contributed by atoms with Gasteiger partial charge in [0.1, 0.15) is 0 Å². The molecular formula is C8H12NO3P. The molecule has 0 atom stereocenters. The summed E-state index contributed by atoms with van der Waals surface area (Å²) in [6.07, 6.45) is 0. The lowest BCUT2D eigenvalue weighted by atomic mass is 10.3. The van der Waals surface area contributed by atoms with Crippen molar-refractivity contribution in [2.24, 2.45) is 0 Å². The van der Waals surface area contributed by atoms with E-state index in [4.69, 9.17) is 9.79 Å². The molecule has 0 heterocycles. The van der Waals surface area contributed by atoms with Crippen molar-refractivity contribution in [2.75, 3.05) is 11.2 Å². The van der Waals surface area contributed by atoms with Gasteiger partial charge in [-0.2, -0.15) is 0 Å². The Morgan fingerprint density at radius 3 is 2.23 bits per heavy atom. The maximum atomic E-state index is 11.0. The Morgan fingerprint density at radius 2 is 1.85 bits per heavy atom. The quantitative estimate of drug-likeness (QED) is 0.729. The third-order valence-electron chi connectivity index (χ3n) is 1.67. The second-order valence-electron chi connectivity index (χ2n) is 2.56. The minimum absolute atomic E-state index is 0.286. The molecule has 0 radical (unpaired) electrons. The predicted molar refractivity (Wildman–Crippen MR) is 51.5 cm³/mol. The van der Waals surface area contributed by atoms with Crippen LogP contribution in [0.15, 0.2) is 30.3 Å². The molecule has 0 aromatic heterocycles. The molecule has 4 nitrogen and oxygen atoms in total. The summed E-state index contributed by atoms with van der Waals surface area (Å²) < 4.78 is 12.0. The van der Waals surface area contributed by atoms with Gasteiger partial charge in [0.05, 0.1) is 0 Å². The maximum Gasteiger partial charge on any atom is 0.430 e. The van der Waals surface area contributed by atoms with Crippen LogP contribution in [0.5, 0.6) is 0 Å². The Balaban J connectivity index is 2.99. The zero-order valence-electron chi connectivity index (χ0n) is 7.29. The molecular weight excluding hydrogens is 189 g/mol. The van der Waals surface area contributed by atoms with Crippen molar-refractivity contribution in [1.29, 1.82) is 0 Å². The molecule has 0 aliphatic heterocycles. The predicted octanol–water partition coefficient (Wildman–Crippen LogP) is 1.61. The Morgan fingerprint density at radius 1 is 1.31 bits per heavy atom. The Kier molecular flexibility index (Phi) is 3.09.